The molecule has 0 fully saturated rings. The average Bonchev–Trinajstić information content (AvgIpc) is 2.36. The Hall–Kier alpha value is -0.990. The topological polar surface area (TPSA) is 52.3 Å². The zero-order valence-electron chi connectivity index (χ0n) is 6.67. The second kappa shape index (κ2) is 3.42. The van der Waals surface area contributed by atoms with Crippen molar-refractivity contribution in [3.63, 3.8) is 0 Å². The summed E-state index contributed by atoms with van der Waals surface area (Å²) < 4.78 is 4.84. The summed E-state index contributed by atoms with van der Waals surface area (Å²) in [5, 5.41) is 0. The molecule has 0 saturated heterocycles. The SMILES string of the molecule is CCOC(=O)[C@@H]1CCC=C1N. The lowest BCUT2D eigenvalue weighted by Crippen LogP contribution is -2.20. The molecule has 0 unspecified atom stereocenters. The molecule has 1 aliphatic rings. The fourth-order valence-electron chi connectivity index (χ4n) is 1.22. The molecule has 0 heterocycles. The molecule has 0 bridgehead atoms. The van der Waals surface area contributed by atoms with E-state index in [9.17, 15) is 4.79 Å². The Labute approximate surface area is 66.2 Å². The van der Waals surface area contributed by atoms with E-state index < -0.39 is 0 Å². The third kappa shape index (κ3) is 1.73. The van der Waals surface area contributed by atoms with E-state index in [1.165, 1.54) is 0 Å². The fraction of sp³-hybridized carbons (Fsp3) is 0.625. The smallest absolute Gasteiger partial charge is 0.314 e. The number of esters is 1. The van der Waals surface area contributed by atoms with Crippen LogP contribution in [-0.2, 0) is 9.53 Å². The second-order valence-electron chi connectivity index (χ2n) is 2.59. The van der Waals surface area contributed by atoms with Gasteiger partial charge in [0.1, 0.15) is 0 Å². The van der Waals surface area contributed by atoms with Crippen LogP contribution in [-0.4, -0.2) is 12.6 Å². The highest BCUT2D eigenvalue weighted by molar-refractivity contribution is 5.76. The molecule has 0 aromatic heterocycles. The Morgan fingerprint density at radius 3 is 3.09 bits per heavy atom. The van der Waals surface area contributed by atoms with Crippen molar-refractivity contribution in [2.45, 2.75) is 19.8 Å². The first-order valence-electron chi connectivity index (χ1n) is 3.88. The summed E-state index contributed by atoms with van der Waals surface area (Å²) in [5.41, 5.74) is 6.24. The molecule has 1 aliphatic carbocycles. The first-order valence-corrected chi connectivity index (χ1v) is 3.88. The van der Waals surface area contributed by atoms with E-state index in [1.54, 1.807) is 6.92 Å². The summed E-state index contributed by atoms with van der Waals surface area (Å²) in [6.07, 6.45) is 3.60. The Balaban J connectivity index is 2.48. The summed E-state index contributed by atoms with van der Waals surface area (Å²) >= 11 is 0. The van der Waals surface area contributed by atoms with Gasteiger partial charge in [-0.05, 0) is 19.8 Å². The van der Waals surface area contributed by atoms with Crippen LogP contribution in [0.15, 0.2) is 11.8 Å². The minimum atomic E-state index is -0.182. The molecular formula is C8H13NO2. The van der Waals surface area contributed by atoms with Crippen molar-refractivity contribution in [2.75, 3.05) is 6.61 Å². The lowest BCUT2D eigenvalue weighted by atomic mass is 10.1. The average molecular weight is 155 g/mol. The van der Waals surface area contributed by atoms with Crippen LogP contribution < -0.4 is 5.73 Å². The molecule has 0 aromatic carbocycles. The van der Waals surface area contributed by atoms with E-state index in [0.29, 0.717) is 12.3 Å². The first kappa shape index (κ1) is 8.11. The zero-order chi connectivity index (χ0) is 8.27. The number of nitrogens with two attached hydrogens (primary N) is 1. The van der Waals surface area contributed by atoms with Crippen molar-refractivity contribution in [3.05, 3.63) is 11.8 Å². The Kier molecular flexibility index (Phi) is 2.52. The van der Waals surface area contributed by atoms with Gasteiger partial charge < -0.3 is 10.5 Å². The van der Waals surface area contributed by atoms with E-state index in [2.05, 4.69) is 0 Å². The maximum Gasteiger partial charge on any atom is 0.314 e. The fourth-order valence-corrected chi connectivity index (χ4v) is 1.22. The van der Waals surface area contributed by atoms with Crippen LogP contribution in [0.2, 0.25) is 0 Å². The van der Waals surface area contributed by atoms with E-state index >= 15 is 0 Å². The van der Waals surface area contributed by atoms with Crippen molar-refractivity contribution >= 4 is 5.97 Å². The van der Waals surface area contributed by atoms with Crippen LogP contribution >= 0.6 is 0 Å². The zero-order valence-corrected chi connectivity index (χ0v) is 6.67. The molecule has 0 radical (unpaired) electrons. The van der Waals surface area contributed by atoms with E-state index in [0.717, 1.165) is 12.8 Å². The van der Waals surface area contributed by atoms with Crippen LogP contribution in [0, 0.1) is 5.92 Å². The van der Waals surface area contributed by atoms with Gasteiger partial charge in [-0.1, -0.05) is 6.08 Å². The van der Waals surface area contributed by atoms with Crippen LogP contribution in [0.4, 0.5) is 0 Å². The molecule has 0 amide bonds. The quantitative estimate of drug-likeness (QED) is 0.600. The number of carbonyl (C=O) groups excluding carboxylic acids is 1. The highest BCUT2D eigenvalue weighted by Crippen LogP contribution is 2.22. The Morgan fingerprint density at radius 1 is 1.91 bits per heavy atom. The molecule has 0 spiro atoms. The Morgan fingerprint density at radius 2 is 2.64 bits per heavy atom. The van der Waals surface area contributed by atoms with Crippen molar-refractivity contribution in [1.82, 2.24) is 0 Å². The molecule has 2 N–H and O–H groups in total. The third-order valence-electron chi connectivity index (χ3n) is 1.81. The molecule has 1 rings (SSSR count). The minimum Gasteiger partial charge on any atom is -0.465 e. The monoisotopic (exact) mass is 155 g/mol. The highest BCUT2D eigenvalue weighted by Gasteiger charge is 2.25. The van der Waals surface area contributed by atoms with Crippen molar-refractivity contribution < 1.29 is 9.53 Å². The second-order valence-corrected chi connectivity index (χ2v) is 2.59. The number of allylic oxidation sites excluding steroid dienone is 1. The number of hydrogen-bond donors (Lipinski definition) is 1. The van der Waals surface area contributed by atoms with Crippen molar-refractivity contribution in [3.8, 4) is 0 Å². The Bertz CT molecular complexity index is 187. The molecule has 3 nitrogen and oxygen atoms in total. The van der Waals surface area contributed by atoms with Crippen LogP contribution in [0.25, 0.3) is 0 Å². The number of hydrogen-bond acceptors (Lipinski definition) is 3. The highest BCUT2D eigenvalue weighted by atomic mass is 16.5. The van der Waals surface area contributed by atoms with Crippen LogP contribution in [0.1, 0.15) is 19.8 Å². The summed E-state index contributed by atoms with van der Waals surface area (Å²) in [5.74, 6) is -0.353. The number of carbonyl (C=O) groups is 1. The number of ether oxygens (including phenoxy) is 1. The van der Waals surface area contributed by atoms with E-state index in [-0.39, 0.29) is 11.9 Å². The van der Waals surface area contributed by atoms with Gasteiger partial charge in [0, 0.05) is 5.70 Å². The van der Waals surface area contributed by atoms with Gasteiger partial charge in [-0.15, -0.1) is 0 Å². The van der Waals surface area contributed by atoms with E-state index in [1.807, 2.05) is 6.08 Å². The van der Waals surface area contributed by atoms with Gasteiger partial charge in [0.2, 0.25) is 0 Å². The number of rotatable bonds is 2. The first-order chi connectivity index (χ1) is 5.25. The molecule has 3 heteroatoms. The normalized spacial score (nSPS) is 23.0. The van der Waals surface area contributed by atoms with Gasteiger partial charge in [0.15, 0.2) is 0 Å². The molecule has 62 valence electrons. The lowest BCUT2D eigenvalue weighted by Gasteiger charge is -2.09. The summed E-state index contributed by atoms with van der Waals surface area (Å²) in [4.78, 5) is 11.1. The predicted octanol–water partition coefficient (Wildman–Crippen LogP) is 0.802. The van der Waals surface area contributed by atoms with Gasteiger partial charge in [-0.3, -0.25) is 4.79 Å². The molecule has 1 atom stereocenters. The van der Waals surface area contributed by atoms with Crippen LogP contribution in [0.3, 0.4) is 0 Å². The molecule has 0 aliphatic heterocycles. The molecule has 0 aromatic rings. The third-order valence-corrected chi connectivity index (χ3v) is 1.81. The van der Waals surface area contributed by atoms with Gasteiger partial charge in [-0.2, -0.15) is 0 Å². The minimum absolute atomic E-state index is 0.171. The molecular weight excluding hydrogens is 142 g/mol. The van der Waals surface area contributed by atoms with Crippen LogP contribution in [0.5, 0.6) is 0 Å². The van der Waals surface area contributed by atoms with Gasteiger partial charge >= 0.3 is 5.97 Å². The maximum absolute atomic E-state index is 11.1. The summed E-state index contributed by atoms with van der Waals surface area (Å²) in [7, 11) is 0. The predicted molar refractivity (Wildman–Crippen MR) is 41.6 cm³/mol. The van der Waals surface area contributed by atoms with E-state index in [4.69, 9.17) is 10.5 Å². The van der Waals surface area contributed by atoms with Gasteiger partial charge in [-0.25, -0.2) is 0 Å². The lowest BCUT2D eigenvalue weighted by molar-refractivity contribution is -0.146. The maximum atomic E-state index is 11.1. The van der Waals surface area contributed by atoms with Gasteiger partial charge in [0.05, 0.1) is 12.5 Å². The summed E-state index contributed by atoms with van der Waals surface area (Å²) in [6.45, 7) is 2.23. The largest absolute Gasteiger partial charge is 0.465 e. The van der Waals surface area contributed by atoms with Crippen molar-refractivity contribution in [1.29, 1.82) is 0 Å². The molecule has 0 saturated carbocycles. The summed E-state index contributed by atoms with van der Waals surface area (Å²) in [6, 6.07) is 0. The van der Waals surface area contributed by atoms with Crippen molar-refractivity contribution in [2.24, 2.45) is 11.7 Å². The standard InChI is InChI=1S/C8H13NO2/c1-2-11-8(10)6-4-3-5-7(6)9/h5-6H,2-4,9H2,1H3/t6-/m1/s1. The van der Waals surface area contributed by atoms with Gasteiger partial charge in [0.25, 0.3) is 0 Å². The molecule has 11 heavy (non-hydrogen) atoms.